The lowest BCUT2D eigenvalue weighted by Gasteiger charge is -2.00. The first kappa shape index (κ1) is 9.91. The van der Waals surface area contributed by atoms with Crippen LogP contribution in [0.3, 0.4) is 0 Å². The summed E-state index contributed by atoms with van der Waals surface area (Å²) in [5.74, 6) is -1.80. The van der Waals surface area contributed by atoms with E-state index in [0.29, 0.717) is 0 Å². The fourth-order valence-electron chi connectivity index (χ4n) is 0.887. The molecule has 0 aliphatic heterocycles. The summed E-state index contributed by atoms with van der Waals surface area (Å²) in [6, 6.07) is 1.61. The summed E-state index contributed by atoms with van der Waals surface area (Å²) in [6.45, 7) is 0. The maximum Gasteiger partial charge on any atom is 0.321 e. The predicted molar refractivity (Wildman–Crippen MR) is 44.8 cm³/mol. The van der Waals surface area contributed by atoms with Crippen LogP contribution in [0, 0.1) is 21.7 Å². The minimum Gasteiger partial charge on any atom is -0.258 e. The van der Waals surface area contributed by atoms with Crippen LogP contribution < -0.4 is 0 Å². The molecule has 0 aliphatic carbocycles. The Balaban J connectivity index is 3.43. The second kappa shape index (κ2) is 3.69. The van der Waals surface area contributed by atoms with E-state index in [1.165, 1.54) is 6.26 Å². The Morgan fingerprint density at radius 2 is 1.92 bits per heavy atom. The second-order valence-electron chi connectivity index (χ2n) is 2.17. The molecule has 0 saturated carbocycles. The highest BCUT2D eigenvalue weighted by atomic mass is 32.2. The lowest BCUT2D eigenvalue weighted by atomic mass is 10.3. The molecule has 0 amide bonds. The molecule has 0 saturated heterocycles. The van der Waals surface area contributed by atoms with Crippen molar-refractivity contribution in [3.8, 4) is 0 Å². The third-order valence-electron chi connectivity index (χ3n) is 1.42. The van der Waals surface area contributed by atoms with E-state index in [4.69, 9.17) is 0 Å². The molecule has 1 aromatic rings. The molecule has 0 atom stereocenters. The van der Waals surface area contributed by atoms with Gasteiger partial charge in [-0.2, -0.15) is 4.39 Å². The first-order valence-electron chi connectivity index (χ1n) is 3.24. The molecular weight excluding hydrogens is 200 g/mol. The lowest BCUT2D eigenvalue weighted by Crippen LogP contribution is -1.97. The average molecular weight is 205 g/mol. The number of hydrogen-bond acceptors (Lipinski definition) is 3. The quantitative estimate of drug-likeness (QED) is 0.423. The van der Waals surface area contributed by atoms with E-state index < -0.39 is 22.2 Å². The van der Waals surface area contributed by atoms with Crippen LogP contribution in [0.4, 0.5) is 14.5 Å². The highest BCUT2D eigenvalue weighted by Gasteiger charge is 2.22. The molecular formula is C7H5F2NO2S. The standard InChI is InChI=1S/C7H5F2NO2S/c1-13-7-5(9)3-2-4(8)6(7)10(11)12/h2-3H,1H3. The van der Waals surface area contributed by atoms with Crippen molar-refractivity contribution >= 4 is 17.4 Å². The first-order chi connectivity index (χ1) is 6.07. The summed E-state index contributed by atoms with van der Waals surface area (Å²) in [6.07, 6.45) is 1.45. The summed E-state index contributed by atoms with van der Waals surface area (Å²) in [4.78, 5) is 9.14. The van der Waals surface area contributed by atoms with E-state index in [2.05, 4.69) is 0 Å². The number of hydrogen-bond donors (Lipinski definition) is 0. The number of halogens is 2. The van der Waals surface area contributed by atoms with Crippen LogP contribution in [-0.2, 0) is 0 Å². The molecule has 0 unspecified atom stereocenters. The summed E-state index contributed by atoms with van der Waals surface area (Å²) < 4.78 is 25.7. The Kier molecular flexibility index (Phi) is 2.82. The molecule has 1 rings (SSSR count). The average Bonchev–Trinajstić information content (AvgIpc) is 2.07. The SMILES string of the molecule is CSc1c(F)ccc(F)c1[N+](=O)[O-]. The van der Waals surface area contributed by atoms with Crippen molar-refractivity contribution in [3.05, 3.63) is 33.9 Å². The molecule has 0 radical (unpaired) electrons. The van der Waals surface area contributed by atoms with Crippen LogP contribution in [-0.4, -0.2) is 11.2 Å². The monoisotopic (exact) mass is 205 g/mol. The van der Waals surface area contributed by atoms with Crippen LogP contribution in [0.15, 0.2) is 17.0 Å². The fourth-order valence-corrected chi connectivity index (χ4v) is 1.52. The smallest absolute Gasteiger partial charge is 0.258 e. The summed E-state index contributed by atoms with van der Waals surface area (Å²) >= 11 is 0.808. The Hall–Kier alpha value is -1.17. The van der Waals surface area contributed by atoms with E-state index in [1.807, 2.05) is 0 Å². The highest BCUT2D eigenvalue weighted by Crippen LogP contribution is 2.32. The number of nitro groups is 1. The Labute approximate surface area is 76.9 Å². The van der Waals surface area contributed by atoms with Gasteiger partial charge >= 0.3 is 5.69 Å². The number of benzene rings is 1. The Morgan fingerprint density at radius 1 is 1.38 bits per heavy atom. The summed E-state index contributed by atoms with van der Waals surface area (Å²) in [5, 5.41) is 10.3. The predicted octanol–water partition coefficient (Wildman–Crippen LogP) is 2.59. The second-order valence-corrected chi connectivity index (χ2v) is 2.98. The molecule has 0 N–H and O–H groups in total. The van der Waals surface area contributed by atoms with E-state index >= 15 is 0 Å². The van der Waals surface area contributed by atoms with Crippen molar-refractivity contribution in [2.45, 2.75) is 4.90 Å². The number of nitro benzene ring substituents is 1. The van der Waals surface area contributed by atoms with Crippen LogP contribution in [0.25, 0.3) is 0 Å². The van der Waals surface area contributed by atoms with Crippen molar-refractivity contribution in [1.29, 1.82) is 0 Å². The van der Waals surface area contributed by atoms with Crippen LogP contribution >= 0.6 is 11.8 Å². The lowest BCUT2D eigenvalue weighted by molar-refractivity contribution is -0.390. The zero-order valence-corrected chi connectivity index (χ0v) is 7.40. The number of nitrogens with zero attached hydrogens (tertiary/aromatic N) is 1. The normalized spacial score (nSPS) is 10.1. The van der Waals surface area contributed by atoms with Crippen LogP contribution in [0.1, 0.15) is 0 Å². The zero-order valence-electron chi connectivity index (χ0n) is 6.58. The van der Waals surface area contributed by atoms with Crippen molar-refractivity contribution in [2.75, 3.05) is 6.26 Å². The summed E-state index contributed by atoms with van der Waals surface area (Å²) in [7, 11) is 0. The minimum absolute atomic E-state index is 0.273. The van der Waals surface area contributed by atoms with Crippen molar-refractivity contribution in [1.82, 2.24) is 0 Å². The molecule has 0 bridgehead atoms. The molecule has 0 aliphatic rings. The summed E-state index contributed by atoms with van der Waals surface area (Å²) in [5.41, 5.74) is -0.799. The maximum absolute atomic E-state index is 12.9. The maximum atomic E-state index is 12.9. The van der Waals surface area contributed by atoms with Crippen molar-refractivity contribution in [3.63, 3.8) is 0 Å². The van der Waals surface area contributed by atoms with Gasteiger partial charge in [0.2, 0.25) is 5.82 Å². The van der Waals surface area contributed by atoms with Gasteiger partial charge in [0.1, 0.15) is 10.7 Å². The van der Waals surface area contributed by atoms with E-state index in [-0.39, 0.29) is 4.90 Å². The third kappa shape index (κ3) is 1.77. The topological polar surface area (TPSA) is 43.1 Å². The van der Waals surface area contributed by atoms with Gasteiger partial charge < -0.3 is 0 Å². The van der Waals surface area contributed by atoms with Crippen LogP contribution in [0.2, 0.25) is 0 Å². The zero-order chi connectivity index (χ0) is 10.0. The molecule has 70 valence electrons. The molecule has 0 fully saturated rings. The van der Waals surface area contributed by atoms with Gasteiger partial charge in [0.25, 0.3) is 0 Å². The van der Waals surface area contributed by atoms with Crippen molar-refractivity contribution < 1.29 is 13.7 Å². The molecule has 0 spiro atoms. The molecule has 6 heteroatoms. The Morgan fingerprint density at radius 3 is 2.31 bits per heavy atom. The van der Waals surface area contributed by atoms with E-state index in [1.54, 1.807) is 0 Å². The van der Waals surface area contributed by atoms with Gasteiger partial charge in [-0.05, 0) is 18.4 Å². The van der Waals surface area contributed by atoms with Gasteiger partial charge in [-0.1, -0.05) is 0 Å². The molecule has 3 nitrogen and oxygen atoms in total. The molecule has 0 aromatic heterocycles. The van der Waals surface area contributed by atoms with Gasteiger partial charge in [0.05, 0.1) is 4.92 Å². The fraction of sp³-hybridized carbons (Fsp3) is 0.143. The van der Waals surface area contributed by atoms with Gasteiger partial charge in [-0.3, -0.25) is 10.1 Å². The number of thioether (sulfide) groups is 1. The largest absolute Gasteiger partial charge is 0.321 e. The van der Waals surface area contributed by atoms with Gasteiger partial charge in [0, 0.05) is 0 Å². The van der Waals surface area contributed by atoms with E-state index in [0.717, 1.165) is 23.9 Å². The molecule has 1 aromatic carbocycles. The minimum atomic E-state index is -1.02. The van der Waals surface area contributed by atoms with Crippen molar-refractivity contribution in [2.24, 2.45) is 0 Å². The molecule has 0 heterocycles. The third-order valence-corrected chi connectivity index (χ3v) is 2.22. The Bertz CT molecular complexity index is 357. The number of rotatable bonds is 2. The van der Waals surface area contributed by atoms with Crippen LogP contribution in [0.5, 0.6) is 0 Å². The van der Waals surface area contributed by atoms with Gasteiger partial charge in [0.15, 0.2) is 0 Å². The highest BCUT2D eigenvalue weighted by molar-refractivity contribution is 7.98. The van der Waals surface area contributed by atoms with Gasteiger partial charge in [-0.25, -0.2) is 4.39 Å². The van der Waals surface area contributed by atoms with Gasteiger partial charge in [-0.15, -0.1) is 11.8 Å². The molecule has 13 heavy (non-hydrogen) atoms. The van der Waals surface area contributed by atoms with E-state index in [9.17, 15) is 18.9 Å². The first-order valence-corrected chi connectivity index (χ1v) is 4.46.